The average molecular weight is 292 g/mol. The molecule has 2 aromatic rings. The molecule has 5 nitrogen and oxygen atoms in total. The fraction of sp³-hybridized carbons (Fsp3) is 0.286. The molecule has 1 aromatic heterocycles. The van der Waals surface area contributed by atoms with Gasteiger partial charge in [-0.1, -0.05) is 0 Å². The molecular formula is C14H14F2N4O. The molecule has 7 heteroatoms. The molecule has 0 bridgehead atoms. The summed E-state index contributed by atoms with van der Waals surface area (Å²) in [7, 11) is 0. The molecule has 0 spiro atoms. The molecule has 2 heterocycles. The number of fused-ring (bicyclic) bond motifs is 1. The number of hydrogen-bond donors (Lipinski definition) is 2. The van der Waals surface area contributed by atoms with Crippen molar-refractivity contribution in [2.24, 2.45) is 0 Å². The molecular weight excluding hydrogens is 278 g/mol. The zero-order valence-electron chi connectivity index (χ0n) is 11.2. The number of carbonyl (C=O) groups is 1. The largest absolute Gasteiger partial charge is 0.356 e. The highest BCUT2D eigenvalue weighted by Gasteiger charge is 2.16. The molecule has 2 N–H and O–H groups in total. The summed E-state index contributed by atoms with van der Waals surface area (Å²) in [5.74, 6) is -0.851. The Morgan fingerprint density at radius 2 is 2.29 bits per heavy atom. The Balaban J connectivity index is 1.69. The lowest BCUT2D eigenvalue weighted by atomic mass is 10.2. The number of amides is 1. The Labute approximate surface area is 120 Å². The van der Waals surface area contributed by atoms with E-state index in [1.807, 2.05) is 4.57 Å². The lowest BCUT2D eigenvalue weighted by Crippen LogP contribution is -2.23. The number of halogens is 2. The SMILES string of the molecule is O=C(NCc1cc(F)ccc1F)c1cn2c(n1)NCCC2. The van der Waals surface area contributed by atoms with E-state index in [4.69, 9.17) is 0 Å². The van der Waals surface area contributed by atoms with Crippen LogP contribution in [0.3, 0.4) is 0 Å². The number of nitrogens with one attached hydrogen (secondary N) is 2. The molecule has 0 fully saturated rings. The topological polar surface area (TPSA) is 59.0 Å². The van der Waals surface area contributed by atoms with Gasteiger partial charge in [-0.25, -0.2) is 13.8 Å². The molecule has 1 amide bonds. The van der Waals surface area contributed by atoms with Crippen molar-refractivity contribution < 1.29 is 13.6 Å². The fourth-order valence-electron chi connectivity index (χ4n) is 2.23. The van der Waals surface area contributed by atoms with Crippen LogP contribution in [0.15, 0.2) is 24.4 Å². The number of aromatic nitrogens is 2. The van der Waals surface area contributed by atoms with E-state index in [-0.39, 0.29) is 17.8 Å². The minimum Gasteiger partial charge on any atom is -0.356 e. The second-order valence-corrected chi connectivity index (χ2v) is 4.84. The van der Waals surface area contributed by atoms with Crippen molar-refractivity contribution >= 4 is 11.9 Å². The van der Waals surface area contributed by atoms with Crippen LogP contribution in [-0.2, 0) is 13.1 Å². The summed E-state index contributed by atoms with van der Waals surface area (Å²) in [4.78, 5) is 16.2. The Morgan fingerprint density at radius 1 is 1.43 bits per heavy atom. The van der Waals surface area contributed by atoms with Gasteiger partial charge in [0.15, 0.2) is 0 Å². The first kappa shape index (κ1) is 13.5. The van der Waals surface area contributed by atoms with Crippen molar-refractivity contribution in [3.63, 3.8) is 0 Å². The third-order valence-corrected chi connectivity index (χ3v) is 3.32. The minimum absolute atomic E-state index is 0.0853. The first-order valence-corrected chi connectivity index (χ1v) is 6.66. The number of anilines is 1. The van der Waals surface area contributed by atoms with E-state index >= 15 is 0 Å². The summed E-state index contributed by atoms with van der Waals surface area (Å²) in [6.45, 7) is 1.55. The van der Waals surface area contributed by atoms with Gasteiger partial charge < -0.3 is 15.2 Å². The van der Waals surface area contributed by atoms with Crippen LogP contribution in [0, 0.1) is 11.6 Å². The van der Waals surface area contributed by atoms with E-state index in [0.29, 0.717) is 5.95 Å². The van der Waals surface area contributed by atoms with Crippen LogP contribution in [0.1, 0.15) is 22.5 Å². The highest BCUT2D eigenvalue weighted by Crippen LogP contribution is 2.14. The molecule has 0 radical (unpaired) electrons. The van der Waals surface area contributed by atoms with E-state index in [0.717, 1.165) is 37.7 Å². The Morgan fingerprint density at radius 3 is 3.10 bits per heavy atom. The molecule has 0 saturated heterocycles. The maximum atomic E-state index is 13.5. The predicted molar refractivity (Wildman–Crippen MR) is 72.9 cm³/mol. The van der Waals surface area contributed by atoms with Gasteiger partial charge in [0, 0.05) is 31.4 Å². The van der Waals surface area contributed by atoms with Crippen molar-refractivity contribution in [1.82, 2.24) is 14.9 Å². The second kappa shape index (κ2) is 5.51. The number of hydrogen-bond acceptors (Lipinski definition) is 3. The summed E-state index contributed by atoms with van der Waals surface area (Å²) in [6.07, 6.45) is 2.62. The lowest BCUT2D eigenvalue weighted by Gasteiger charge is -2.14. The standard InChI is InChI=1S/C14H14F2N4O/c15-10-2-3-11(16)9(6-10)7-18-13(21)12-8-20-5-1-4-17-14(20)19-12/h2-3,6,8H,1,4-5,7H2,(H,17,19)(H,18,21). The summed E-state index contributed by atoms with van der Waals surface area (Å²) < 4.78 is 28.4. The number of nitrogens with zero attached hydrogens (tertiary/aromatic N) is 2. The number of imidazole rings is 1. The third kappa shape index (κ3) is 2.86. The van der Waals surface area contributed by atoms with E-state index in [1.54, 1.807) is 6.20 Å². The van der Waals surface area contributed by atoms with Crippen molar-refractivity contribution in [3.05, 3.63) is 47.3 Å². The van der Waals surface area contributed by atoms with Gasteiger partial charge in [0.05, 0.1) is 0 Å². The molecule has 21 heavy (non-hydrogen) atoms. The molecule has 0 atom stereocenters. The zero-order chi connectivity index (χ0) is 14.8. The van der Waals surface area contributed by atoms with Gasteiger partial charge in [-0.2, -0.15) is 0 Å². The van der Waals surface area contributed by atoms with Crippen molar-refractivity contribution in [3.8, 4) is 0 Å². The highest BCUT2D eigenvalue weighted by molar-refractivity contribution is 5.92. The third-order valence-electron chi connectivity index (χ3n) is 3.32. The van der Waals surface area contributed by atoms with Gasteiger partial charge in [-0.3, -0.25) is 4.79 Å². The maximum Gasteiger partial charge on any atom is 0.271 e. The summed E-state index contributed by atoms with van der Waals surface area (Å²) in [6, 6.07) is 3.14. The fourth-order valence-corrected chi connectivity index (χ4v) is 2.23. The van der Waals surface area contributed by atoms with Gasteiger partial charge in [-0.05, 0) is 24.6 Å². The monoisotopic (exact) mass is 292 g/mol. The number of benzene rings is 1. The second-order valence-electron chi connectivity index (χ2n) is 4.84. The average Bonchev–Trinajstić information content (AvgIpc) is 2.92. The van der Waals surface area contributed by atoms with Gasteiger partial charge in [0.25, 0.3) is 5.91 Å². The van der Waals surface area contributed by atoms with Crippen LogP contribution in [0.5, 0.6) is 0 Å². The molecule has 3 rings (SSSR count). The van der Waals surface area contributed by atoms with Crippen LogP contribution >= 0.6 is 0 Å². The van der Waals surface area contributed by atoms with Crippen molar-refractivity contribution in [2.75, 3.05) is 11.9 Å². The number of aryl methyl sites for hydroxylation is 1. The Hall–Kier alpha value is -2.44. The molecule has 0 unspecified atom stereocenters. The molecule has 0 aliphatic carbocycles. The van der Waals surface area contributed by atoms with E-state index in [2.05, 4.69) is 15.6 Å². The smallest absolute Gasteiger partial charge is 0.271 e. The van der Waals surface area contributed by atoms with Gasteiger partial charge in [0.1, 0.15) is 17.3 Å². The zero-order valence-corrected chi connectivity index (χ0v) is 11.2. The van der Waals surface area contributed by atoms with E-state index < -0.39 is 17.5 Å². The van der Waals surface area contributed by atoms with E-state index in [9.17, 15) is 13.6 Å². The molecule has 1 aliphatic heterocycles. The van der Waals surface area contributed by atoms with Crippen LogP contribution in [0.4, 0.5) is 14.7 Å². The van der Waals surface area contributed by atoms with E-state index in [1.165, 1.54) is 0 Å². The number of carbonyl (C=O) groups excluding carboxylic acids is 1. The van der Waals surface area contributed by atoms with Crippen LogP contribution in [0.2, 0.25) is 0 Å². The lowest BCUT2D eigenvalue weighted by molar-refractivity contribution is 0.0946. The molecule has 0 saturated carbocycles. The Kier molecular flexibility index (Phi) is 3.55. The summed E-state index contributed by atoms with van der Waals surface area (Å²) >= 11 is 0. The van der Waals surface area contributed by atoms with Gasteiger partial charge in [-0.15, -0.1) is 0 Å². The van der Waals surface area contributed by atoms with Gasteiger partial charge >= 0.3 is 0 Å². The molecule has 1 aromatic carbocycles. The quantitative estimate of drug-likeness (QED) is 0.908. The predicted octanol–water partition coefficient (Wildman–Crippen LogP) is 1.91. The molecule has 110 valence electrons. The first-order valence-electron chi connectivity index (χ1n) is 6.66. The van der Waals surface area contributed by atoms with Gasteiger partial charge in [0.2, 0.25) is 5.95 Å². The number of rotatable bonds is 3. The van der Waals surface area contributed by atoms with Crippen molar-refractivity contribution in [1.29, 1.82) is 0 Å². The van der Waals surface area contributed by atoms with Crippen LogP contribution < -0.4 is 10.6 Å². The maximum absolute atomic E-state index is 13.5. The summed E-state index contributed by atoms with van der Waals surface area (Å²) in [5.41, 5.74) is 0.363. The van der Waals surface area contributed by atoms with Crippen molar-refractivity contribution in [2.45, 2.75) is 19.5 Å². The van der Waals surface area contributed by atoms with Crippen LogP contribution in [0.25, 0.3) is 0 Å². The van der Waals surface area contributed by atoms with Crippen LogP contribution in [-0.4, -0.2) is 22.0 Å². The summed E-state index contributed by atoms with van der Waals surface area (Å²) in [5, 5.41) is 5.63. The Bertz CT molecular complexity index is 660. The highest BCUT2D eigenvalue weighted by atomic mass is 19.1. The first-order chi connectivity index (χ1) is 10.1. The normalized spacial score (nSPS) is 13.4. The minimum atomic E-state index is -0.553. The molecule has 1 aliphatic rings.